The van der Waals surface area contributed by atoms with Crippen molar-refractivity contribution in [3.63, 3.8) is 0 Å². The summed E-state index contributed by atoms with van der Waals surface area (Å²) >= 11 is 0. The van der Waals surface area contributed by atoms with Crippen molar-refractivity contribution in [3.8, 4) is 22.6 Å². The molecule has 2 aromatic carbocycles. The third-order valence-corrected chi connectivity index (χ3v) is 4.29. The molecule has 6 nitrogen and oxygen atoms in total. The predicted octanol–water partition coefficient (Wildman–Crippen LogP) is 5.15. The Morgan fingerprint density at radius 1 is 1.11 bits per heavy atom. The fraction of sp³-hybridized carbons (Fsp3) is 0.211. The summed E-state index contributed by atoms with van der Waals surface area (Å²) in [5, 5.41) is 11.7. The molecule has 0 atom stereocenters. The zero-order valence-corrected chi connectivity index (χ0v) is 15.1. The lowest BCUT2D eigenvalue weighted by Gasteiger charge is -2.16. The van der Waals surface area contributed by atoms with Gasteiger partial charge in [-0.05, 0) is 36.2 Å². The maximum absolute atomic E-state index is 13.2. The van der Waals surface area contributed by atoms with Gasteiger partial charge >= 0.3 is 6.18 Å². The van der Waals surface area contributed by atoms with Crippen molar-refractivity contribution in [3.05, 3.63) is 57.8 Å². The highest BCUT2D eigenvalue weighted by Gasteiger charge is 2.35. The van der Waals surface area contributed by atoms with E-state index in [0.717, 1.165) is 12.1 Å². The summed E-state index contributed by atoms with van der Waals surface area (Å²) in [4.78, 5) is 14.3. The first-order chi connectivity index (χ1) is 13.2. The zero-order valence-electron chi connectivity index (χ0n) is 15.1. The number of alkyl halides is 3. The topological polar surface area (TPSA) is 74.5 Å². The minimum Gasteiger partial charge on any atom is -0.497 e. The van der Waals surface area contributed by atoms with Gasteiger partial charge in [0.2, 0.25) is 0 Å². The number of fused-ring (bicyclic) bond motifs is 1. The molecule has 0 aliphatic carbocycles. The quantitative estimate of drug-likeness (QED) is 0.453. The molecule has 0 aliphatic rings. The van der Waals surface area contributed by atoms with Gasteiger partial charge in [0.1, 0.15) is 22.7 Å². The van der Waals surface area contributed by atoms with Crippen molar-refractivity contribution in [1.82, 2.24) is 4.98 Å². The maximum Gasteiger partial charge on any atom is 0.433 e. The number of benzene rings is 2. The second kappa shape index (κ2) is 6.99. The molecule has 0 unspecified atom stereocenters. The van der Waals surface area contributed by atoms with E-state index in [1.165, 1.54) is 21.1 Å². The van der Waals surface area contributed by atoms with Crippen LogP contribution in [0.4, 0.5) is 18.9 Å². The number of halogens is 3. The van der Waals surface area contributed by atoms with Crippen LogP contribution < -0.4 is 9.47 Å². The molecule has 9 heteroatoms. The smallest absolute Gasteiger partial charge is 0.433 e. The van der Waals surface area contributed by atoms with E-state index in [4.69, 9.17) is 9.47 Å². The number of ether oxygens (including phenoxy) is 2. The second-order valence-electron chi connectivity index (χ2n) is 6.01. The monoisotopic (exact) mass is 392 g/mol. The molecular weight excluding hydrogens is 377 g/mol. The molecule has 0 saturated carbocycles. The Hall–Kier alpha value is -3.36. The van der Waals surface area contributed by atoms with Crippen molar-refractivity contribution < 1.29 is 27.6 Å². The summed E-state index contributed by atoms with van der Waals surface area (Å²) in [6, 6.07) is 8.74. The largest absolute Gasteiger partial charge is 0.497 e. The minimum absolute atomic E-state index is 0.150. The molecule has 1 heterocycles. The fourth-order valence-electron chi connectivity index (χ4n) is 3.07. The van der Waals surface area contributed by atoms with Gasteiger partial charge in [0.05, 0.1) is 25.2 Å². The summed E-state index contributed by atoms with van der Waals surface area (Å²) in [5.74, 6) is 0.667. The number of methoxy groups -OCH3 is 2. The number of nitro benzene ring substituents is 1. The number of non-ortho nitro benzene ring substituents is 1. The van der Waals surface area contributed by atoms with Crippen molar-refractivity contribution in [2.45, 2.75) is 13.1 Å². The molecule has 146 valence electrons. The van der Waals surface area contributed by atoms with Gasteiger partial charge in [-0.3, -0.25) is 10.1 Å². The van der Waals surface area contributed by atoms with Crippen LogP contribution in [0, 0.1) is 17.0 Å². The first-order valence-electron chi connectivity index (χ1n) is 8.05. The molecule has 0 bridgehead atoms. The molecule has 0 N–H and O–H groups in total. The highest BCUT2D eigenvalue weighted by Crippen LogP contribution is 2.44. The summed E-state index contributed by atoms with van der Waals surface area (Å²) in [6.07, 6.45) is -4.73. The number of nitrogens with zero attached hydrogens (tertiary/aromatic N) is 2. The Bertz CT molecular complexity index is 1080. The van der Waals surface area contributed by atoms with Gasteiger partial charge in [-0.1, -0.05) is 12.1 Å². The van der Waals surface area contributed by atoms with Gasteiger partial charge in [0, 0.05) is 10.9 Å². The number of hydrogen-bond acceptors (Lipinski definition) is 5. The van der Waals surface area contributed by atoms with Crippen molar-refractivity contribution in [2.24, 2.45) is 0 Å². The third kappa shape index (κ3) is 3.30. The van der Waals surface area contributed by atoms with Crippen LogP contribution in [0.2, 0.25) is 0 Å². The van der Waals surface area contributed by atoms with E-state index in [1.807, 2.05) is 0 Å². The maximum atomic E-state index is 13.2. The average molecular weight is 392 g/mol. The van der Waals surface area contributed by atoms with Gasteiger partial charge in [0.25, 0.3) is 5.69 Å². The van der Waals surface area contributed by atoms with Gasteiger partial charge in [0.15, 0.2) is 0 Å². The van der Waals surface area contributed by atoms with Crippen LogP contribution in [0.15, 0.2) is 36.4 Å². The van der Waals surface area contributed by atoms with Crippen LogP contribution in [0.3, 0.4) is 0 Å². The van der Waals surface area contributed by atoms with E-state index in [2.05, 4.69) is 4.98 Å². The molecular formula is C19H15F3N2O4. The van der Waals surface area contributed by atoms with Gasteiger partial charge in [-0.15, -0.1) is 0 Å². The van der Waals surface area contributed by atoms with Gasteiger partial charge in [-0.25, -0.2) is 4.98 Å². The second-order valence-corrected chi connectivity index (χ2v) is 6.01. The molecule has 1 aromatic heterocycles. The number of aromatic nitrogens is 1. The lowest BCUT2D eigenvalue weighted by Crippen LogP contribution is -2.10. The molecule has 0 saturated heterocycles. The molecule has 0 amide bonds. The van der Waals surface area contributed by atoms with Crippen LogP contribution in [0.25, 0.3) is 22.0 Å². The van der Waals surface area contributed by atoms with E-state index in [-0.39, 0.29) is 22.2 Å². The molecule has 0 fully saturated rings. The van der Waals surface area contributed by atoms with E-state index in [1.54, 1.807) is 24.3 Å². The standard InChI is InChI=1S/C19H15F3N2O4/c1-10-7-15(19(20,21)22)23-18-13(24(25)26)9-14(28-3)17(16(10)18)11-5-4-6-12(8-11)27-2/h4-9H,1-3H3. The Morgan fingerprint density at radius 3 is 2.39 bits per heavy atom. The summed E-state index contributed by atoms with van der Waals surface area (Å²) in [7, 11) is 2.81. The van der Waals surface area contributed by atoms with Crippen molar-refractivity contribution in [1.29, 1.82) is 0 Å². The van der Waals surface area contributed by atoms with Crippen LogP contribution in [-0.4, -0.2) is 24.1 Å². The number of pyridine rings is 1. The summed E-state index contributed by atoms with van der Waals surface area (Å²) in [6.45, 7) is 1.45. The lowest BCUT2D eigenvalue weighted by atomic mass is 9.95. The van der Waals surface area contributed by atoms with Gasteiger partial charge < -0.3 is 9.47 Å². The zero-order chi connectivity index (χ0) is 20.6. The molecule has 28 heavy (non-hydrogen) atoms. The molecule has 0 radical (unpaired) electrons. The van der Waals surface area contributed by atoms with Crippen LogP contribution in [-0.2, 0) is 6.18 Å². The lowest BCUT2D eigenvalue weighted by molar-refractivity contribution is -0.383. The third-order valence-electron chi connectivity index (χ3n) is 4.29. The highest BCUT2D eigenvalue weighted by atomic mass is 19.4. The summed E-state index contributed by atoms with van der Waals surface area (Å²) in [5.41, 5.74) is -0.940. The number of rotatable bonds is 4. The van der Waals surface area contributed by atoms with E-state index in [0.29, 0.717) is 16.9 Å². The van der Waals surface area contributed by atoms with E-state index in [9.17, 15) is 23.3 Å². The molecule has 0 aliphatic heterocycles. The van der Waals surface area contributed by atoms with Crippen LogP contribution in [0.1, 0.15) is 11.3 Å². The van der Waals surface area contributed by atoms with Crippen molar-refractivity contribution >= 4 is 16.6 Å². The fourth-order valence-corrected chi connectivity index (χ4v) is 3.07. The minimum atomic E-state index is -4.73. The van der Waals surface area contributed by atoms with Gasteiger partial charge in [-0.2, -0.15) is 13.2 Å². The average Bonchev–Trinajstić information content (AvgIpc) is 2.65. The summed E-state index contributed by atoms with van der Waals surface area (Å²) < 4.78 is 50.2. The normalized spacial score (nSPS) is 11.5. The SMILES string of the molecule is COc1cccc(-c2c(OC)cc([N+](=O)[O-])c3nc(C(F)(F)F)cc(C)c23)c1. The Morgan fingerprint density at radius 2 is 1.82 bits per heavy atom. The first kappa shape index (κ1) is 19.4. The first-order valence-corrected chi connectivity index (χ1v) is 8.05. The van der Waals surface area contributed by atoms with E-state index < -0.39 is 22.5 Å². The van der Waals surface area contributed by atoms with Crippen LogP contribution >= 0.6 is 0 Å². The number of hydrogen-bond donors (Lipinski definition) is 0. The number of nitro groups is 1. The number of aryl methyl sites for hydroxylation is 1. The molecule has 0 spiro atoms. The molecule has 3 rings (SSSR count). The van der Waals surface area contributed by atoms with Crippen LogP contribution in [0.5, 0.6) is 11.5 Å². The predicted molar refractivity (Wildman–Crippen MR) is 96.7 cm³/mol. The Balaban J connectivity index is 2.50. The van der Waals surface area contributed by atoms with Crippen molar-refractivity contribution in [2.75, 3.05) is 14.2 Å². The highest BCUT2D eigenvalue weighted by molar-refractivity contribution is 6.04. The Kier molecular flexibility index (Phi) is 4.84. The molecule has 3 aromatic rings. The van der Waals surface area contributed by atoms with E-state index >= 15 is 0 Å². The Labute approximate surface area is 157 Å².